The van der Waals surface area contributed by atoms with Crippen LogP contribution in [0.15, 0.2) is 72.3 Å². The summed E-state index contributed by atoms with van der Waals surface area (Å²) < 4.78 is 6.02. The van der Waals surface area contributed by atoms with Gasteiger partial charge in [-0.05, 0) is 36.8 Å². The molecule has 5 heteroatoms. The van der Waals surface area contributed by atoms with Crippen molar-refractivity contribution in [1.82, 2.24) is 4.90 Å². The van der Waals surface area contributed by atoms with Gasteiger partial charge in [0, 0.05) is 24.2 Å². The molecule has 2 unspecified atom stereocenters. The molecule has 4 rings (SSSR count). The second-order valence-corrected chi connectivity index (χ2v) is 8.07. The van der Waals surface area contributed by atoms with Gasteiger partial charge in [-0.25, -0.2) is 4.79 Å². The number of hydrogen-bond donors (Lipinski definition) is 1. The number of esters is 1. The predicted molar refractivity (Wildman–Crippen MR) is 114 cm³/mol. The minimum atomic E-state index is -1.83. The summed E-state index contributed by atoms with van der Waals surface area (Å²) in [4.78, 5) is 15.8. The average Bonchev–Trinajstić information content (AvgIpc) is 3.06. The van der Waals surface area contributed by atoms with E-state index in [2.05, 4.69) is 4.90 Å². The Hall–Kier alpha value is -2.14. The molecule has 0 spiro atoms. The Morgan fingerprint density at radius 2 is 1.62 bits per heavy atom. The zero-order valence-corrected chi connectivity index (χ0v) is 17.0. The summed E-state index contributed by atoms with van der Waals surface area (Å²) in [5.74, 6) is -0.613. The number of halogens is 1. The molecule has 0 aliphatic carbocycles. The van der Waals surface area contributed by atoms with Crippen LogP contribution in [0.4, 0.5) is 0 Å². The molecule has 0 saturated carbocycles. The molecule has 0 amide bonds. The van der Waals surface area contributed by atoms with E-state index in [-0.39, 0.29) is 12.1 Å². The van der Waals surface area contributed by atoms with E-state index in [1.165, 1.54) is 0 Å². The van der Waals surface area contributed by atoms with E-state index in [0.29, 0.717) is 17.2 Å². The van der Waals surface area contributed by atoms with E-state index >= 15 is 0 Å². The van der Waals surface area contributed by atoms with Gasteiger partial charge in [0.15, 0.2) is 0 Å². The molecule has 2 aliphatic rings. The quantitative estimate of drug-likeness (QED) is 0.723. The first-order chi connectivity index (χ1) is 14.1. The molecular weight excluding hydrogens is 386 g/mol. The smallest absolute Gasteiger partial charge is 0.348 e. The maximum atomic E-state index is 13.4. The fourth-order valence-electron chi connectivity index (χ4n) is 4.79. The normalized spacial score (nSPS) is 24.7. The average molecular weight is 412 g/mol. The van der Waals surface area contributed by atoms with Crippen molar-refractivity contribution in [2.45, 2.75) is 49.5 Å². The molecule has 0 aromatic heterocycles. The van der Waals surface area contributed by atoms with Crippen LogP contribution in [-0.4, -0.2) is 40.7 Å². The number of carbonyl (C=O) groups excluding carboxylic acids is 1. The predicted octanol–water partition coefficient (Wildman–Crippen LogP) is 4.21. The van der Waals surface area contributed by atoms with Crippen LogP contribution in [0, 0.1) is 0 Å². The van der Waals surface area contributed by atoms with Crippen LogP contribution in [0.2, 0.25) is 0 Å². The van der Waals surface area contributed by atoms with E-state index in [1.54, 1.807) is 29.8 Å². The van der Waals surface area contributed by atoms with Crippen molar-refractivity contribution in [3.05, 3.63) is 83.4 Å². The van der Waals surface area contributed by atoms with E-state index < -0.39 is 11.6 Å². The lowest BCUT2D eigenvalue weighted by atomic mass is 9.86. The molecule has 2 aromatic carbocycles. The van der Waals surface area contributed by atoms with Crippen molar-refractivity contribution in [2.75, 3.05) is 6.54 Å². The van der Waals surface area contributed by atoms with Crippen LogP contribution < -0.4 is 0 Å². The van der Waals surface area contributed by atoms with Crippen molar-refractivity contribution in [1.29, 1.82) is 0 Å². The largest absolute Gasteiger partial charge is 0.458 e. The Kier molecular flexibility index (Phi) is 6.04. The van der Waals surface area contributed by atoms with Crippen LogP contribution in [0.3, 0.4) is 0 Å². The molecule has 152 valence electrons. The lowest BCUT2D eigenvalue weighted by Crippen LogP contribution is -2.51. The summed E-state index contributed by atoms with van der Waals surface area (Å²) in [6, 6.07) is 18.7. The van der Waals surface area contributed by atoms with Crippen molar-refractivity contribution in [3.8, 4) is 0 Å². The lowest BCUT2D eigenvalue weighted by Gasteiger charge is -2.40. The number of piperidine rings is 1. The van der Waals surface area contributed by atoms with Crippen molar-refractivity contribution >= 4 is 17.6 Å². The Bertz CT molecular complexity index is 815. The van der Waals surface area contributed by atoms with Crippen LogP contribution in [0.25, 0.3) is 0 Å². The van der Waals surface area contributed by atoms with Gasteiger partial charge in [-0.15, -0.1) is 0 Å². The molecular formula is C24H26ClNO3. The number of fused-ring (bicyclic) bond motifs is 2. The Labute approximate surface area is 176 Å². The summed E-state index contributed by atoms with van der Waals surface area (Å²) in [5.41, 5.74) is 0.730. The molecule has 2 bridgehead atoms. The molecule has 2 aromatic rings. The molecule has 1 N–H and O–H groups in total. The molecule has 2 fully saturated rings. The van der Waals surface area contributed by atoms with Gasteiger partial charge < -0.3 is 9.84 Å². The highest BCUT2D eigenvalue weighted by Gasteiger charge is 2.47. The summed E-state index contributed by atoms with van der Waals surface area (Å²) in [7, 11) is 0. The molecule has 0 radical (unpaired) electrons. The topological polar surface area (TPSA) is 49.8 Å². The molecule has 2 saturated heterocycles. The van der Waals surface area contributed by atoms with Crippen LogP contribution >= 0.6 is 11.6 Å². The minimum Gasteiger partial charge on any atom is -0.458 e. The number of carbonyl (C=O) groups is 1. The summed E-state index contributed by atoms with van der Waals surface area (Å²) >= 11 is 5.73. The van der Waals surface area contributed by atoms with Crippen molar-refractivity contribution in [3.63, 3.8) is 0 Å². The third-order valence-corrected chi connectivity index (χ3v) is 6.42. The molecule has 2 heterocycles. The van der Waals surface area contributed by atoms with Gasteiger partial charge in [0.2, 0.25) is 5.60 Å². The van der Waals surface area contributed by atoms with Crippen LogP contribution in [-0.2, 0) is 15.1 Å². The molecule has 29 heavy (non-hydrogen) atoms. The maximum Gasteiger partial charge on any atom is 0.348 e. The van der Waals surface area contributed by atoms with Gasteiger partial charge in [0.25, 0.3) is 0 Å². The Morgan fingerprint density at radius 3 is 2.21 bits per heavy atom. The second kappa shape index (κ2) is 8.70. The summed E-state index contributed by atoms with van der Waals surface area (Å²) in [5, 5.41) is 11.6. The minimum absolute atomic E-state index is 0.168. The number of rotatable bonds is 6. The third-order valence-electron chi connectivity index (χ3n) is 6.25. The van der Waals surface area contributed by atoms with Crippen LogP contribution in [0.1, 0.15) is 36.8 Å². The van der Waals surface area contributed by atoms with Gasteiger partial charge in [-0.1, -0.05) is 78.3 Å². The van der Waals surface area contributed by atoms with E-state index in [4.69, 9.17) is 16.3 Å². The van der Waals surface area contributed by atoms with Gasteiger partial charge in [-0.2, -0.15) is 0 Å². The summed E-state index contributed by atoms with van der Waals surface area (Å²) in [6.07, 6.45) is 5.61. The fraction of sp³-hybridized carbons (Fsp3) is 0.375. The van der Waals surface area contributed by atoms with Crippen molar-refractivity contribution in [2.24, 2.45) is 0 Å². The first kappa shape index (κ1) is 20.1. The van der Waals surface area contributed by atoms with Gasteiger partial charge >= 0.3 is 5.97 Å². The fourth-order valence-corrected chi connectivity index (χ4v) is 4.87. The summed E-state index contributed by atoms with van der Waals surface area (Å²) in [6.45, 7) is 0.758. The highest BCUT2D eigenvalue weighted by atomic mass is 35.5. The first-order valence-corrected chi connectivity index (χ1v) is 10.6. The molecule has 2 aliphatic heterocycles. The standard InChI is InChI=1S/C24H26ClNO3/c25-16-7-17-26-20-12-14-21(26)22(15-13-20)29-23(27)24(28,18-8-3-1-4-9-18)19-10-5-2-6-11-19/h1-11,16,20-22,28H,12-15,17H2/b16-7+/t20?,21?,22-/m1/s1. The van der Waals surface area contributed by atoms with E-state index in [0.717, 1.165) is 32.2 Å². The SMILES string of the molecule is O=C(O[C@@H]1CCC2CCC1N2C/C=C/Cl)C(O)(c1ccccc1)c1ccccc1. The van der Waals surface area contributed by atoms with Crippen molar-refractivity contribution < 1.29 is 14.6 Å². The number of benzene rings is 2. The number of nitrogens with zero attached hydrogens (tertiary/aromatic N) is 1. The molecule has 4 nitrogen and oxygen atoms in total. The highest BCUT2D eigenvalue weighted by molar-refractivity contribution is 6.25. The van der Waals surface area contributed by atoms with Gasteiger partial charge in [0.05, 0.1) is 0 Å². The zero-order valence-electron chi connectivity index (χ0n) is 16.3. The zero-order chi connectivity index (χ0) is 20.3. The van der Waals surface area contributed by atoms with Gasteiger partial charge in [-0.3, -0.25) is 4.90 Å². The second-order valence-electron chi connectivity index (χ2n) is 7.82. The van der Waals surface area contributed by atoms with E-state index in [9.17, 15) is 9.90 Å². The van der Waals surface area contributed by atoms with Gasteiger partial charge in [0.1, 0.15) is 6.10 Å². The third kappa shape index (κ3) is 3.85. The van der Waals surface area contributed by atoms with E-state index in [1.807, 2.05) is 42.5 Å². The van der Waals surface area contributed by atoms with Crippen LogP contribution in [0.5, 0.6) is 0 Å². The number of ether oxygens (including phenoxy) is 1. The highest BCUT2D eigenvalue weighted by Crippen LogP contribution is 2.39. The molecule has 3 atom stereocenters. The first-order valence-electron chi connectivity index (χ1n) is 10.2. The monoisotopic (exact) mass is 411 g/mol. The number of aliphatic hydroxyl groups is 1. The number of hydrogen-bond acceptors (Lipinski definition) is 4. The maximum absolute atomic E-state index is 13.4. The lowest BCUT2D eigenvalue weighted by molar-refractivity contribution is -0.173. The Balaban J connectivity index is 1.61. The Morgan fingerprint density at radius 1 is 1.03 bits per heavy atom.